The molecule has 0 fully saturated rings. The van der Waals surface area contributed by atoms with Crippen molar-refractivity contribution in [2.24, 2.45) is 5.73 Å². The monoisotopic (exact) mass is 262 g/mol. The fourth-order valence-corrected chi connectivity index (χ4v) is 1.77. The van der Waals surface area contributed by atoms with Crippen LogP contribution in [0.3, 0.4) is 0 Å². The van der Waals surface area contributed by atoms with E-state index in [-0.39, 0.29) is 0 Å². The lowest BCUT2D eigenvalue weighted by Gasteiger charge is -2.09. The van der Waals surface area contributed by atoms with Crippen molar-refractivity contribution in [2.75, 3.05) is 0 Å². The number of nitrogens with zero attached hydrogens (tertiary/aromatic N) is 1. The van der Waals surface area contributed by atoms with Crippen LogP contribution in [0.5, 0.6) is 5.75 Å². The van der Waals surface area contributed by atoms with Gasteiger partial charge < -0.3 is 10.5 Å². The minimum Gasteiger partial charge on any atom is -0.487 e. The molecular weight excluding hydrogens is 248 g/mol. The molecule has 0 aliphatic heterocycles. The molecule has 0 aliphatic carbocycles. The summed E-state index contributed by atoms with van der Waals surface area (Å²) < 4.78 is 5.72. The number of rotatable bonds is 4. The molecule has 0 spiro atoms. The lowest BCUT2D eigenvalue weighted by Crippen LogP contribution is -2.04. The van der Waals surface area contributed by atoms with E-state index in [1.165, 1.54) is 0 Å². The molecule has 0 radical (unpaired) electrons. The summed E-state index contributed by atoms with van der Waals surface area (Å²) in [5.41, 5.74) is 8.32. The number of benzene rings is 1. The molecule has 0 saturated heterocycles. The number of hydrogen-bond acceptors (Lipinski definition) is 3. The van der Waals surface area contributed by atoms with Crippen LogP contribution in [0.2, 0.25) is 5.02 Å². The Kier molecular flexibility index (Phi) is 4.18. The number of hydrogen-bond donors (Lipinski definition) is 1. The van der Waals surface area contributed by atoms with Gasteiger partial charge in [-0.25, -0.2) is 0 Å². The second-order valence-electron chi connectivity index (χ2n) is 4.02. The van der Waals surface area contributed by atoms with Crippen molar-refractivity contribution in [3.05, 3.63) is 58.4 Å². The maximum absolute atomic E-state index is 5.93. The summed E-state index contributed by atoms with van der Waals surface area (Å²) in [5.74, 6) is 0.780. The maximum Gasteiger partial charge on any atom is 0.130 e. The highest BCUT2D eigenvalue weighted by Crippen LogP contribution is 2.23. The molecule has 0 bridgehead atoms. The molecule has 1 heterocycles. The molecule has 0 atom stereocenters. The number of ether oxygens (including phenoxy) is 1. The zero-order valence-corrected chi connectivity index (χ0v) is 10.9. The average molecular weight is 263 g/mol. The van der Waals surface area contributed by atoms with E-state index in [1.54, 1.807) is 0 Å². The lowest BCUT2D eigenvalue weighted by atomic mass is 10.2. The van der Waals surface area contributed by atoms with E-state index in [4.69, 9.17) is 22.1 Å². The SMILES string of the molecule is Cc1ccc(Cl)cc1OCc1cccc(CN)n1. The van der Waals surface area contributed by atoms with Gasteiger partial charge in [0.1, 0.15) is 12.4 Å². The normalized spacial score (nSPS) is 10.4. The Morgan fingerprint density at radius 1 is 1.22 bits per heavy atom. The summed E-state index contributed by atoms with van der Waals surface area (Å²) in [6, 6.07) is 11.3. The van der Waals surface area contributed by atoms with Gasteiger partial charge in [0.05, 0.1) is 11.4 Å². The zero-order chi connectivity index (χ0) is 13.0. The Morgan fingerprint density at radius 2 is 2.00 bits per heavy atom. The summed E-state index contributed by atoms with van der Waals surface area (Å²) in [4.78, 5) is 4.38. The predicted octanol–water partition coefficient (Wildman–Crippen LogP) is 3.08. The molecule has 0 saturated carbocycles. The molecule has 1 aromatic carbocycles. The van der Waals surface area contributed by atoms with E-state index in [1.807, 2.05) is 43.3 Å². The highest BCUT2D eigenvalue weighted by atomic mass is 35.5. The Balaban J connectivity index is 2.08. The average Bonchev–Trinajstić information content (AvgIpc) is 2.40. The fraction of sp³-hybridized carbons (Fsp3) is 0.214. The van der Waals surface area contributed by atoms with Crippen molar-refractivity contribution in [1.82, 2.24) is 4.98 Å². The van der Waals surface area contributed by atoms with Crippen LogP contribution >= 0.6 is 11.6 Å². The van der Waals surface area contributed by atoms with Gasteiger partial charge in [0.25, 0.3) is 0 Å². The van der Waals surface area contributed by atoms with Crippen LogP contribution in [0.25, 0.3) is 0 Å². The topological polar surface area (TPSA) is 48.1 Å². The van der Waals surface area contributed by atoms with Crippen molar-refractivity contribution in [3.63, 3.8) is 0 Å². The van der Waals surface area contributed by atoms with Crippen molar-refractivity contribution >= 4 is 11.6 Å². The van der Waals surface area contributed by atoms with Gasteiger partial charge in [0.15, 0.2) is 0 Å². The smallest absolute Gasteiger partial charge is 0.130 e. The highest BCUT2D eigenvalue weighted by molar-refractivity contribution is 6.30. The quantitative estimate of drug-likeness (QED) is 0.921. The number of aromatic nitrogens is 1. The molecule has 2 aromatic rings. The van der Waals surface area contributed by atoms with E-state index < -0.39 is 0 Å². The second-order valence-corrected chi connectivity index (χ2v) is 4.46. The first kappa shape index (κ1) is 12.9. The highest BCUT2D eigenvalue weighted by Gasteiger charge is 2.02. The van der Waals surface area contributed by atoms with Crippen LogP contribution in [-0.2, 0) is 13.2 Å². The van der Waals surface area contributed by atoms with Crippen molar-refractivity contribution in [2.45, 2.75) is 20.1 Å². The van der Waals surface area contributed by atoms with Gasteiger partial charge in [-0.1, -0.05) is 23.7 Å². The Bertz CT molecular complexity index is 543. The maximum atomic E-state index is 5.93. The summed E-state index contributed by atoms with van der Waals surface area (Å²) >= 11 is 5.93. The Labute approximate surface area is 112 Å². The molecule has 1 aromatic heterocycles. The first-order chi connectivity index (χ1) is 8.69. The number of aryl methyl sites for hydroxylation is 1. The first-order valence-corrected chi connectivity index (χ1v) is 6.10. The van der Waals surface area contributed by atoms with Crippen LogP contribution < -0.4 is 10.5 Å². The third-order valence-electron chi connectivity index (χ3n) is 2.60. The fourth-order valence-electron chi connectivity index (χ4n) is 1.60. The molecule has 3 nitrogen and oxygen atoms in total. The molecular formula is C14H15ClN2O. The van der Waals surface area contributed by atoms with E-state index in [0.29, 0.717) is 18.2 Å². The van der Waals surface area contributed by atoms with Gasteiger partial charge in [0, 0.05) is 11.6 Å². The molecule has 0 aliphatic rings. The summed E-state index contributed by atoms with van der Waals surface area (Å²) in [6.07, 6.45) is 0. The van der Waals surface area contributed by atoms with E-state index in [2.05, 4.69) is 4.98 Å². The molecule has 4 heteroatoms. The Morgan fingerprint density at radius 3 is 2.78 bits per heavy atom. The van der Waals surface area contributed by atoms with Crippen molar-refractivity contribution < 1.29 is 4.74 Å². The van der Waals surface area contributed by atoms with Gasteiger partial charge in [-0.2, -0.15) is 0 Å². The van der Waals surface area contributed by atoms with Gasteiger partial charge in [-0.15, -0.1) is 0 Å². The third kappa shape index (κ3) is 3.22. The molecule has 2 rings (SSSR count). The second kappa shape index (κ2) is 5.85. The summed E-state index contributed by atoms with van der Waals surface area (Å²) in [7, 11) is 0. The van der Waals surface area contributed by atoms with Gasteiger partial charge in [-0.3, -0.25) is 4.98 Å². The third-order valence-corrected chi connectivity index (χ3v) is 2.83. The minimum atomic E-state index is 0.412. The molecule has 0 amide bonds. The van der Waals surface area contributed by atoms with Crippen LogP contribution in [-0.4, -0.2) is 4.98 Å². The van der Waals surface area contributed by atoms with Crippen LogP contribution in [0.15, 0.2) is 36.4 Å². The van der Waals surface area contributed by atoms with Crippen LogP contribution in [0, 0.1) is 6.92 Å². The summed E-state index contributed by atoms with van der Waals surface area (Å²) in [6.45, 7) is 2.83. The van der Waals surface area contributed by atoms with Crippen LogP contribution in [0.1, 0.15) is 17.0 Å². The molecule has 2 N–H and O–H groups in total. The number of halogens is 1. The van der Waals surface area contributed by atoms with E-state index >= 15 is 0 Å². The van der Waals surface area contributed by atoms with E-state index in [0.717, 1.165) is 22.7 Å². The van der Waals surface area contributed by atoms with Crippen molar-refractivity contribution in [1.29, 1.82) is 0 Å². The first-order valence-electron chi connectivity index (χ1n) is 5.73. The summed E-state index contributed by atoms with van der Waals surface area (Å²) in [5, 5.41) is 0.666. The molecule has 18 heavy (non-hydrogen) atoms. The number of pyridine rings is 1. The standard InChI is InChI=1S/C14H15ClN2O/c1-10-5-6-11(15)7-14(10)18-9-13-4-2-3-12(8-16)17-13/h2-7H,8-9,16H2,1H3. The van der Waals surface area contributed by atoms with Crippen molar-refractivity contribution in [3.8, 4) is 5.75 Å². The minimum absolute atomic E-state index is 0.412. The molecule has 94 valence electrons. The Hall–Kier alpha value is -1.58. The van der Waals surface area contributed by atoms with Crippen LogP contribution in [0.4, 0.5) is 0 Å². The largest absolute Gasteiger partial charge is 0.487 e. The van der Waals surface area contributed by atoms with E-state index in [9.17, 15) is 0 Å². The van der Waals surface area contributed by atoms with Gasteiger partial charge >= 0.3 is 0 Å². The molecule has 0 unspecified atom stereocenters. The van der Waals surface area contributed by atoms with Gasteiger partial charge in [-0.05, 0) is 36.8 Å². The lowest BCUT2D eigenvalue weighted by molar-refractivity contribution is 0.299. The van der Waals surface area contributed by atoms with Gasteiger partial charge in [0.2, 0.25) is 0 Å². The number of nitrogens with two attached hydrogens (primary N) is 1. The predicted molar refractivity (Wildman–Crippen MR) is 72.6 cm³/mol. The zero-order valence-electron chi connectivity index (χ0n) is 10.2.